The Labute approximate surface area is 120 Å². The summed E-state index contributed by atoms with van der Waals surface area (Å²) in [6.07, 6.45) is 4.22. The summed E-state index contributed by atoms with van der Waals surface area (Å²) < 4.78 is 0.820. The summed E-state index contributed by atoms with van der Waals surface area (Å²) in [6.45, 7) is 1.60. The van der Waals surface area contributed by atoms with Gasteiger partial charge in [0.1, 0.15) is 16.2 Å². The van der Waals surface area contributed by atoms with Crippen molar-refractivity contribution in [3.05, 3.63) is 16.5 Å². The molecule has 2 aliphatic rings. The van der Waals surface area contributed by atoms with Gasteiger partial charge in [0.15, 0.2) is 0 Å². The van der Waals surface area contributed by atoms with Crippen molar-refractivity contribution >= 4 is 27.7 Å². The molecule has 19 heavy (non-hydrogen) atoms. The number of nitrogens with two attached hydrogens (primary N) is 1. The SMILES string of the molecule is NC(=O)C1CCCN(c2cc(Br)nc(C3CC3)n2)C1. The van der Waals surface area contributed by atoms with Crippen LogP contribution >= 0.6 is 15.9 Å². The van der Waals surface area contributed by atoms with E-state index in [-0.39, 0.29) is 11.8 Å². The molecule has 102 valence electrons. The highest BCUT2D eigenvalue weighted by Gasteiger charge is 2.29. The molecule has 2 fully saturated rings. The van der Waals surface area contributed by atoms with Gasteiger partial charge in [0, 0.05) is 25.1 Å². The van der Waals surface area contributed by atoms with Crippen molar-refractivity contribution in [1.29, 1.82) is 0 Å². The third-order valence-corrected chi connectivity index (χ3v) is 4.20. The Morgan fingerprint density at radius 2 is 2.16 bits per heavy atom. The first-order chi connectivity index (χ1) is 9.13. The zero-order valence-electron chi connectivity index (χ0n) is 10.7. The third-order valence-electron chi connectivity index (χ3n) is 3.79. The lowest BCUT2D eigenvalue weighted by Crippen LogP contribution is -2.41. The normalized spacial score (nSPS) is 23.4. The van der Waals surface area contributed by atoms with E-state index >= 15 is 0 Å². The van der Waals surface area contributed by atoms with Gasteiger partial charge in [0.25, 0.3) is 0 Å². The molecule has 1 aromatic heterocycles. The van der Waals surface area contributed by atoms with Crippen LogP contribution in [0.5, 0.6) is 0 Å². The molecular formula is C13H17BrN4O. The van der Waals surface area contributed by atoms with E-state index in [1.54, 1.807) is 0 Å². The number of rotatable bonds is 3. The molecule has 1 aliphatic carbocycles. The Balaban J connectivity index is 1.82. The van der Waals surface area contributed by atoms with Crippen LogP contribution in [-0.4, -0.2) is 29.0 Å². The molecule has 6 heteroatoms. The number of carbonyl (C=O) groups excluding carboxylic acids is 1. The smallest absolute Gasteiger partial charge is 0.222 e. The Morgan fingerprint density at radius 1 is 1.37 bits per heavy atom. The molecule has 1 saturated carbocycles. The van der Waals surface area contributed by atoms with Crippen LogP contribution in [0.2, 0.25) is 0 Å². The second kappa shape index (κ2) is 5.07. The molecular weight excluding hydrogens is 308 g/mol. The van der Waals surface area contributed by atoms with Gasteiger partial charge in [0.05, 0.1) is 5.92 Å². The highest BCUT2D eigenvalue weighted by molar-refractivity contribution is 9.10. The maximum atomic E-state index is 11.3. The summed E-state index contributed by atoms with van der Waals surface area (Å²) in [7, 11) is 0. The van der Waals surface area contributed by atoms with Gasteiger partial charge in [-0.1, -0.05) is 0 Å². The second-order valence-corrected chi connectivity index (χ2v) is 6.18. The van der Waals surface area contributed by atoms with Crippen molar-refractivity contribution in [1.82, 2.24) is 9.97 Å². The Kier molecular flexibility index (Phi) is 3.43. The topological polar surface area (TPSA) is 72.1 Å². The molecule has 1 aromatic rings. The number of anilines is 1. The molecule has 1 saturated heterocycles. The first-order valence-electron chi connectivity index (χ1n) is 6.72. The van der Waals surface area contributed by atoms with E-state index in [0.29, 0.717) is 12.5 Å². The molecule has 1 amide bonds. The van der Waals surface area contributed by atoms with E-state index < -0.39 is 0 Å². The van der Waals surface area contributed by atoms with Crippen molar-refractivity contribution < 1.29 is 4.79 Å². The highest BCUT2D eigenvalue weighted by Crippen LogP contribution is 2.39. The number of hydrogen-bond donors (Lipinski definition) is 1. The zero-order chi connectivity index (χ0) is 13.4. The van der Waals surface area contributed by atoms with Crippen LogP contribution in [0, 0.1) is 5.92 Å². The summed E-state index contributed by atoms with van der Waals surface area (Å²) in [4.78, 5) is 22.6. The molecule has 3 rings (SSSR count). The Hall–Kier alpha value is -1.17. The van der Waals surface area contributed by atoms with Gasteiger partial charge in [-0.2, -0.15) is 0 Å². The maximum Gasteiger partial charge on any atom is 0.222 e. The van der Waals surface area contributed by atoms with Gasteiger partial charge in [-0.15, -0.1) is 0 Å². The number of nitrogens with zero attached hydrogens (tertiary/aromatic N) is 3. The van der Waals surface area contributed by atoms with E-state index in [9.17, 15) is 4.79 Å². The Morgan fingerprint density at radius 3 is 2.84 bits per heavy atom. The molecule has 0 spiro atoms. The van der Waals surface area contributed by atoms with Crippen LogP contribution < -0.4 is 10.6 Å². The second-order valence-electron chi connectivity index (χ2n) is 5.37. The fourth-order valence-electron chi connectivity index (χ4n) is 2.53. The van der Waals surface area contributed by atoms with Crippen LogP contribution in [0.3, 0.4) is 0 Å². The molecule has 0 aromatic carbocycles. The number of piperidine rings is 1. The number of halogens is 1. The number of aromatic nitrogens is 2. The average Bonchev–Trinajstić information content (AvgIpc) is 3.22. The van der Waals surface area contributed by atoms with Gasteiger partial charge in [0.2, 0.25) is 5.91 Å². The van der Waals surface area contributed by atoms with Crippen LogP contribution in [0.4, 0.5) is 5.82 Å². The van der Waals surface area contributed by atoms with Crippen molar-refractivity contribution in [3.8, 4) is 0 Å². The third kappa shape index (κ3) is 2.88. The standard InChI is InChI=1S/C13H17BrN4O/c14-10-6-11(17-13(16-10)8-3-4-8)18-5-1-2-9(7-18)12(15)19/h6,8-9H,1-5,7H2,(H2,15,19). The minimum atomic E-state index is -0.208. The molecule has 0 radical (unpaired) electrons. The number of amides is 1. The van der Waals surface area contributed by atoms with E-state index in [0.717, 1.165) is 35.6 Å². The zero-order valence-corrected chi connectivity index (χ0v) is 12.3. The largest absolute Gasteiger partial charge is 0.369 e. The molecule has 0 bridgehead atoms. The minimum Gasteiger partial charge on any atom is -0.369 e. The molecule has 1 unspecified atom stereocenters. The summed E-state index contributed by atoms with van der Waals surface area (Å²) in [5.74, 6) is 2.08. The summed E-state index contributed by atoms with van der Waals surface area (Å²) in [5, 5.41) is 0. The van der Waals surface area contributed by atoms with Crippen molar-refractivity contribution in [2.75, 3.05) is 18.0 Å². The van der Waals surface area contributed by atoms with Gasteiger partial charge in [-0.25, -0.2) is 9.97 Å². The van der Waals surface area contributed by atoms with Crippen LogP contribution in [-0.2, 0) is 4.79 Å². The number of hydrogen-bond acceptors (Lipinski definition) is 4. The predicted octanol–water partition coefficient (Wildman–Crippen LogP) is 1.82. The minimum absolute atomic E-state index is 0.0631. The summed E-state index contributed by atoms with van der Waals surface area (Å²) in [6, 6.07) is 1.93. The lowest BCUT2D eigenvalue weighted by atomic mass is 9.97. The van der Waals surface area contributed by atoms with E-state index in [1.807, 2.05) is 6.07 Å². The van der Waals surface area contributed by atoms with Gasteiger partial charge in [-0.05, 0) is 41.6 Å². The van der Waals surface area contributed by atoms with Crippen LogP contribution in [0.15, 0.2) is 10.7 Å². The first kappa shape index (κ1) is 12.8. The average molecular weight is 325 g/mol. The molecule has 1 atom stereocenters. The lowest BCUT2D eigenvalue weighted by Gasteiger charge is -2.32. The highest BCUT2D eigenvalue weighted by atomic mass is 79.9. The van der Waals surface area contributed by atoms with Crippen molar-refractivity contribution in [2.45, 2.75) is 31.6 Å². The summed E-state index contributed by atoms with van der Waals surface area (Å²) in [5.41, 5.74) is 5.42. The molecule has 1 aliphatic heterocycles. The monoisotopic (exact) mass is 324 g/mol. The molecule has 2 heterocycles. The molecule has 2 N–H and O–H groups in total. The number of carbonyl (C=O) groups is 1. The fraction of sp³-hybridized carbons (Fsp3) is 0.615. The van der Waals surface area contributed by atoms with Crippen LogP contribution in [0.25, 0.3) is 0 Å². The molecule has 5 nitrogen and oxygen atoms in total. The van der Waals surface area contributed by atoms with Gasteiger partial charge < -0.3 is 10.6 Å². The Bertz CT molecular complexity index is 503. The lowest BCUT2D eigenvalue weighted by molar-refractivity contribution is -0.122. The van der Waals surface area contributed by atoms with Crippen molar-refractivity contribution in [2.24, 2.45) is 11.7 Å². The quantitative estimate of drug-likeness (QED) is 0.861. The first-order valence-corrected chi connectivity index (χ1v) is 7.51. The van der Waals surface area contributed by atoms with Gasteiger partial charge >= 0.3 is 0 Å². The predicted molar refractivity (Wildman–Crippen MR) is 75.8 cm³/mol. The summed E-state index contributed by atoms with van der Waals surface area (Å²) >= 11 is 3.45. The van der Waals surface area contributed by atoms with Crippen LogP contribution in [0.1, 0.15) is 37.4 Å². The van der Waals surface area contributed by atoms with E-state index in [4.69, 9.17) is 5.73 Å². The van der Waals surface area contributed by atoms with E-state index in [2.05, 4.69) is 30.8 Å². The fourth-order valence-corrected chi connectivity index (χ4v) is 2.91. The maximum absolute atomic E-state index is 11.3. The van der Waals surface area contributed by atoms with E-state index in [1.165, 1.54) is 12.8 Å². The number of primary amides is 1. The van der Waals surface area contributed by atoms with Crippen molar-refractivity contribution in [3.63, 3.8) is 0 Å². The van der Waals surface area contributed by atoms with Gasteiger partial charge in [-0.3, -0.25) is 4.79 Å².